The Balaban J connectivity index is 2.06. The molecule has 0 bridgehead atoms. The summed E-state index contributed by atoms with van der Waals surface area (Å²) in [6.07, 6.45) is 3.33. The van der Waals surface area contributed by atoms with Crippen LogP contribution in [0.15, 0.2) is 72.1 Å². The zero-order valence-corrected chi connectivity index (χ0v) is 18.3. The minimum absolute atomic E-state index is 0.196. The van der Waals surface area contributed by atoms with Gasteiger partial charge in [0.1, 0.15) is 11.6 Å². The van der Waals surface area contributed by atoms with Crippen LogP contribution in [0.3, 0.4) is 0 Å². The number of methoxy groups -OCH3 is 1. The largest absolute Gasteiger partial charge is 0.497 e. The maximum absolute atomic E-state index is 13.3. The molecule has 0 unspecified atom stereocenters. The summed E-state index contributed by atoms with van der Waals surface area (Å²) in [7, 11) is 1.57. The highest BCUT2D eigenvalue weighted by atomic mass is 19.1. The Morgan fingerprint density at radius 1 is 0.875 bits per heavy atom. The molecule has 0 aromatic heterocycles. The highest BCUT2D eigenvalue weighted by Crippen LogP contribution is 2.38. The van der Waals surface area contributed by atoms with Crippen molar-refractivity contribution in [2.24, 2.45) is 0 Å². The average Bonchev–Trinajstić information content (AvgIpc) is 2.80. The molecule has 6 nitrogen and oxygen atoms in total. The van der Waals surface area contributed by atoms with Crippen molar-refractivity contribution in [3.05, 3.63) is 89.0 Å². The van der Waals surface area contributed by atoms with Crippen LogP contribution < -0.4 is 4.74 Å². The lowest BCUT2D eigenvalue weighted by Crippen LogP contribution is -2.29. The Morgan fingerprint density at radius 2 is 1.41 bits per heavy atom. The quantitative estimate of drug-likeness (QED) is 0.571. The van der Waals surface area contributed by atoms with Crippen molar-refractivity contribution in [3.63, 3.8) is 0 Å². The van der Waals surface area contributed by atoms with E-state index in [-0.39, 0.29) is 19.0 Å². The first kappa shape index (κ1) is 23.1. The van der Waals surface area contributed by atoms with Gasteiger partial charge in [-0.15, -0.1) is 0 Å². The minimum atomic E-state index is -0.663. The van der Waals surface area contributed by atoms with Gasteiger partial charge in [0.25, 0.3) is 0 Å². The number of ether oxygens (including phenoxy) is 3. The second-order valence-corrected chi connectivity index (χ2v) is 7.11. The highest BCUT2D eigenvalue weighted by Gasteiger charge is 2.35. The van der Waals surface area contributed by atoms with Crippen LogP contribution in [0.1, 0.15) is 30.9 Å². The maximum Gasteiger partial charge on any atom is 0.336 e. The molecule has 168 valence electrons. The third-order valence-corrected chi connectivity index (χ3v) is 4.98. The number of nitrogens with zero attached hydrogens (tertiary/aromatic N) is 1. The summed E-state index contributed by atoms with van der Waals surface area (Å²) in [5, 5.41) is 0. The highest BCUT2D eigenvalue weighted by molar-refractivity contribution is 5.98. The van der Waals surface area contributed by atoms with Crippen LogP contribution in [0, 0.1) is 5.82 Å². The van der Waals surface area contributed by atoms with Gasteiger partial charge in [-0.25, -0.2) is 14.0 Å². The van der Waals surface area contributed by atoms with Crippen molar-refractivity contribution in [2.45, 2.75) is 26.3 Å². The Kier molecular flexibility index (Phi) is 7.65. The van der Waals surface area contributed by atoms with E-state index in [0.717, 1.165) is 11.1 Å². The van der Waals surface area contributed by atoms with E-state index >= 15 is 0 Å². The molecule has 0 spiro atoms. The van der Waals surface area contributed by atoms with Crippen LogP contribution in [0.5, 0.6) is 5.75 Å². The molecule has 0 fully saturated rings. The van der Waals surface area contributed by atoms with Crippen molar-refractivity contribution in [3.8, 4) is 5.75 Å². The number of carbonyl (C=O) groups excluding carboxylic acids is 2. The van der Waals surface area contributed by atoms with Gasteiger partial charge < -0.3 is 19.1 Å². The maximum atomic E-state index is 13.3. The van der Waals surface area contributed by atoms with Crippen LogP contribution in [0.2, 0.25) is 0 Å². The number of benzene rings is 2. The SMILES string of the molecule is CCOC(=O)C1=CN(Cc2ccc(F)cc2)C=C(C(=O)OCC)C1c1ccc(OC)cc1. The number of hydrogen-bond acceptors (Lipinski definition) is 6. The molecule has 0 aliphatic carbocycles. The van der Waals surface area contributed by atoms with Crippen LogP contribution in [-0.2, 0) is 25.6 Å². The molecule has 0 amide bonds. The van der Waals surface area contributed by atoms with Gasteiger partial charge in [-0.3, -0.25) is 0 Å². The normalized spacial score (nSPS) is 13.8. The summed E-state index contributed by atoms with van der Waals surface area (Å²) in [6, 6.07) is 13.2. The zero-order valence-electron chi connectivity index (χ0n) is 18.3. The Bertz CT molecular complexity index is 976. The topological polar surface area (TPSA) is 65.1 Å². The number of carbonyl (C=O) groups is 2. The molecule has 1 heterocycles. The molecule has 3 rings (SSSR count). The molecule has 0 saturated heterocycles. The van der Waals surface area contributed by atoms with E-state index in [2.05, 4.69) is 0 Å². The van der Waals surface area contributed by atoms with Crippen molar-refractivity contribution in [2.75, 3.05) is 20.3 Å². The molecule has 0 atom stereocenters. The monoisotopic (exact) mass is 439 g/mol. The summed E-state index contributed by atoms with van der Waals surface area (Å²) in [6.45, 7) is 4.18. The summed E-state index contributed by atoms with van der Waals surface area (Å²) in [5.41, 5.74) is 2.16. The van der Waals surface area contributed by atoms with Gasteiger partial charge in [-0.2, -0.15) is 0 Å². The Labute approximate surface area is 186 Å². The van der Waals surface area contributed by atoms with E-state index in [9.17, 15) is 14.0 Å². The molecule has 0 saturated carbocycles. The van der Waals surface area contributed by atoms with Gasteiger partial charge in [-0.1, -0.05) is 24.3 Å². The Morgan fingerprint density at radius 3 is 1.88 bits per heavy atom. The summed E-state index contributed by atoms with van der Waals surface area (Å²) in [5.74, 6) is -1.38. The molecule has 1 aliphatic heterocycles. The predicted molar refractivity (Wildman–Crippen MR) is 117 cm³/mol. The van der Waals surface area contributed by atoms with Gasteiger partial charge >= 0.3 is 11.9 Å². The van der Waals surface area contributed by atoms with Crippen LogP contribution in [0.25, 0.3) is 0 Å². The molecular weight excluding hydrogens is 413 g/mol. The molecular formula is C25H26FNO5. The zero-order chi connectivity index (χ0) is 23.1. The van der Waals surface area contributed by atoms with E-state index in [4.69, 9.17) is 14.2 Å². The van der Waals surface area contributed by atoms with Gasteiger partial charge in [0, 0.05) is 18.9 Å². The van der Waals surface area contributed by atoms with Crippen molar-refractivity contribution in [1.29, 1.82) is 0 Å². The number of hydrogen-bond donors (Lipinski definition) is 0. The third kappa shape index (κ3) is 5.35. The predicted octanol–water partition coefficient (Wildman–Crippen LogP) is 4.33. The molecule has 0 radical (unpaired) electrons. The fraction of sp³-hybridized carbons (Fsp3) is 0.280. The van der Waals surface area contributed by atoms with Crippen molar-refractivity contribution < 1.29 is 28.2 Å². The van der Waals surface area contributed by atoms with E-state index in [1.54, 1.807) is 74.7 Å². The van der Waals surface area contributed by atoms with Gasteiger partial charge in [0.2, 0.25) is 0 Å². The van der Waals surface area contributed by atoms with E-state index < -0.39 is 17.9 Å². The number of rotatable bonds is 8. The van der Waals surface area contributed by atoms with Gasteiger partial charge in [0.05, 0.1) is 37.4 Å². The van der Waals surface area contributed by atoms with E-state index in [1.807, 2.05) is 0 Å². The average molecular weight is 439 g/mol. The molecule has 7 heteroatoms. The van der Waals surface area contributed by atoms with Gasteiger partial charge in [-0.05, 0) is 49.2 Å². The fourth-order valence-corrected chi connectivity index (χ4v) is 3.53. The molecule has 2 aromatic carbocycles. The number of esters is 2. The van der Waals surface area contributed by atoms with Crippen LogP contribution in [-0.4, -0.2) is 37.2 Å². The lowest BCUT2D eigenvalue weighted by molar-refractivity contribution is -0.139. The van der Waals surface area contributed by atoms with Crippen molar-refractivity contribution >= 4 is 11.9 Å². The standard InChI is InChI=1S/C25H26FNO5/c1-4-31-24(28)21-15-27(14-17-6-10-19(26)11-7-17)16-22(25(29)32-5-2)23(21)18-8-12-20(30-3)13-9-18/h6-13,15-16,23H,4-5,14H2,1-3H3. The van der Waals surface area contributed by atoms with Crippen LogP contribution in [0.4, 0.5) is 4.39 Å². The van der Waals surface area contributed by atoms with Crippen LogP contribution >= 0.6 is 0 Å². The lowest BCUT2D eigenvalue weighted by atomic mass is 9.83. The van der Waals surface area contributed by atoms with Gasteiger partial charge in [0.15, 0.2) is 0 Å². The summed E-state index contributed by atoms with van der Waals surface area (Å²) < 4.78 is 29.1. The first-order chi connectivity index (χ1) is 15.5. The summed E-state index contributed by atoms with van der Waals surface area (Å²) >= 11 is 0. The van der Waals surface area contributed by atoms with Crippen molar-refractivity contribution in [1.82, 2.24) is 4.90 Å². The fourth-order valence-electron chi connectivity index (χ4n) is 3.53. The second-order valence-electron chi connectivity index (χ2n) is 7.11. The molecule has 0 N–H and O–H groups in total. The first-order valence-electron chi connectivity index (χ1n) is 10.4. The number of halogens is 1. The third-order valence-electron chi connectivity index (χ3n) is 4.98. The minimum Gasteiger partial charge on any atom is -0.497 e. The second kappa shape index (κ2) is 10.6. The summed E-state index contributed by atoms with van der Waals surface area (Å²) in [4.78, 5) is 27.5. The molecule has 1 aliphatic rings. The molecule has 32 heavy (non-hydrogen) atoms. The van der Waals surface area contributed by atoms with E-state index in [0.29, 0.717) is 23.4 Å². The Hall–Kier alpha value is -3.61. The first-order valence-corrected chi connectivity index (χ1v) is 10.4. The van der Waals surface area contributed by atoms with E-state index in [1.165, 1.54) is 12.1 Å². The lowest BCUT2D eigenvalue weighted by Gasteiger charge is -2.30. The smallest absolute Gasteiger partial charge is 0.336 e. The molecule has 2 aromatic rings.